The molecule has 1 atom stereocenters. The number of nitrogens with one attached hydrogen (secondary N) is 1. The van der Waals surface area contributed by atoms with Crippen molar-refractivity contribution >= 4 is 23.2 Å². The van der Waals surface area contributed by atoms with Crippen LogP contribution < -0.4 is 10.2 Å². The molecule has 1 heterocycles. The summed E-state index contributed by atoms with van der Waals surface area (Å²) in [5.74, 6) is 0.370. The molecule has 0 spiro atoms. The molecule has 5 nitrogen and oxygen atoms in total. The second kappa shape index (κ2) is 8.77. The quantitative estimate of drug-likeness (QED) is 0.804. The smallest absolute Gasteiger partial charge is 0.256 e. The van der Waals surface area contributed by atoms with Crippen molar-refractivity contribution in [3.63, 3.8) is 0 Å². The zero-order chi connectivity index (χ0) is 20.2. The van der Waals surface area contributed by atoms with Crippen LogP contribution in [0.4, 0.5) is 11.4 Å². The van der Waals surface area contributed by atoms with Crippen molar-refractivity contribution in [2.24, 2.45) is 11.3 Å². The Morgan fingerprint density at radius 1 is 1.19 bits per heavy atom. The predicted octanol–water partition coefficient (Wildman–Crippen LogP) is 4.39. The maximum Gasteiger partial charge on any atom is 0.256 e. The van der Waals surface area contributed by atoms with Gasteiger partial charge in [-0.1, -0.05) is 27.7 Å². The van der Waals surface area contributed by atoms with Crippen LogP contribution in [0.15, 0.2) is 18.2 Å². The van der Waals surface area contributed by atoms with Gasteiger partial charge in [0.25, 0.3) is 5.91 Å². The van der Waals surface area contributed by atoms with Gasteiger partial charge >= 0.3 is 0 Å². The Labute approximate surface area is 164 Å². The molecule has 150 valence electrons. The van der Waals surface area contributed by atoms with E-state index >= 15 is 0 Å². The van der Waals surface area contributed by atoms with Crippen molar-refractivity contribution in [3.8, 4) is 0 Å². The molecule has 1 N–H and O–H groups in total. The summed E-state index contributed by atoms with van der Waals surface area (Å²) >= 11 is 0. The molecule has 1 aromatic carbocycles. The number of rotatable bonds is 6. The Morgan fingerprint density at radius 3 is 2.37 bits per heavy atom. The van der Waals surface area contributed by atoms with E-state index in [9.17, 15) is 9.59 Å². The van der Waals surface area contributed by atoms with Gasteiger partial charge < -0.3 is 15.1 Å². The van der Waals surface area contributed by atoms with Crippen LogP contribution in [0.3, 0.4) is 0 Å². The number of amides is 2. The maximum atomic E-state index is 12.9. The molecule has 1 aliphatic rings. The maximum absolute atomic E-state index is 12.9. The van der Waals surface area contributed by atoms with E-state index in [-0.39, 0.29) is 17.2 Å². The van der Waals surface area contributed by atoms with Crippen molar-refractivity contribution in [1.82, 2.24) is 4.90 Å². The molecule has 1 aromatic rings. The van der Waals surface area contributed by atoms with Gasteiger partial charge in [0.1, 0.15) is 0 Å². The van der Waals surface area contributed by atoms with Gasteiger partial charge in [0, 0.05) is 45.0 Å². The van der Waals surface area contributed by atoms with E-state index in [0.29, 0.717) is 23.6 Å². The first-order chi connectivity index (χ1) is 12.6. The number of benzene rings is 1. The third-order valence-electron chi connectivity index (χ3n) is 4.88. The van der Waals surface area contributed by atoms with Crippen molar-refractivity contribution in [2.45, 2.75) is 53.4 Å². The topological polar surface area (TPSA) is 52.7 Å². The molecule has 0 aromatic heterocycles. The summed E-state index contributed by atoms with van der Waals surface area (Å²) in [6.07, 6.45) is 3.61. The first kappa shape index (κ1) is 21.3. The minimum Gasteiger partial charge on any atom is -0.377 e. The lowest BCUT2D eigenvalue weighted by Crippen LogP contribution is -2.29. The number of carbonyl (C=O) groups excluding carboxylic acids is 2. The normalized spacial score (nSPS) is 15.6. The molecule has 0 aliphatic carbocycles. The van der Waals surface area contributed by atoms with Crippen LogP contribution in [0.5, 0.6) is 0 Å². The van der Waals surface area contributed by atoms with Crippen LogP contribution >= 0.6 is 0 Å². The summed E-state index contributed by atoms with van der Waals surface area (Å²) in [5, 5.41) is 2.98. The molecule has 0 radical (unpaired) electrons. The second-order valence-electron chi connectivity index (χ2n) is 9.25. The van der Waals surface area contributed by atoms with E-state index in [1.807, 2.05) is 42.1 Å². The predicted molar refractivity (Wildman–Crippen MR) is 112 cm³/mol. The van der Waals surface area contributed by atoms with E-state index in [4.69, 9.17) is 0 Å². The number of nitrogens with zero attached hydrogens (tertiary/aromatic N) is 2. The van der Waals surface area contributed by atoms with E-state index in [1.54, 1.807) is 0 Å². The molecule has 5 heteroatoms. The largest absolute Gasteiger partial charge is 0.377 e. The summed E-state index contributed by atoms with van der Waals surface area (Å²) in [6.45, 7) is 10.3. The van der Waals surface area contributed by atoms with E-state index in [0.717, 1.165) is 38.0 Å². The number of hydrogen-bond acceptors (Lipinski definition) is 3. The Balaban J connectivity index is 2.12. The highest BCUT2D eigenvalue weighted by atomic mass is 16.2. The summed E-state index contributed by atoms with van der Waals surface area (Å²) in [5.41, 5.74) is 2.44. The van der Waals surface area contributed by atoms with Crippen molar-refractivity contribution in [2.75, 3.05) is 37.4 Å². The van der Waals surface area contributed by atoms with Gasteiger partial charge in [-0.25, -0.2) is 0 Å². The summed E-state index contributed by atoms with van der Waals surface area (Å²) < 4.78 is 0. The van der Waals surface area contributed by atoms with Crippen LogP contribution in [0, 0.1) is 11.3 Å². The van der Waals surface area contributed by atoms with Gasteiger partial charge in [-0.2, -0.15) is 0 Å². The Kier molecular flexibility index (Phi) is 6.90. The van der Waals surface area contributed by atoms with Gasteiger partial charge in [-0.3, -0.25) is 9.59 Å². The summed E-state index contributed by atoms with van der Waals surface area (Å²) in [4.78, 5) is 29.2. The zero-order valence-electron chi connectivity index (χ0n) is 17.8. The first-order valence-electron chi connectivity index (χ1n) is 9.97. The monoisotopic (exact) mass is 373 g/mol. The van der Waals surface area contributed by atoms with Crippen LogP contribution in [0.2, 0.25) is 0 Å². The molecule has 2 rings (SSSR count). The highest BCUT2D eigenvalue weighted by Gasteiger charge is 2.23. The molecule has 0 unspecified atom stereocenters. The van der Waals surface area contributed by atoms with Crippen LogP contribution in [0.25, 0.3) is 0 Å². The number of hydrogen-bond donors (Lipinski definition) is 1. The standard InChI is InChI=1S/C22H35N3O2/c1-16(15-22(2,3)4)13-20(26)23-17-9-10-19(24(5)6)18(14-17)21(27)25-11-7-8-12-25/h9-10,14,16H,7-8,11-13,15H2,1-6H3,(H,23,26)/t16-/m0/s1. The van der Waals surface area contributed by atoms with E-state index in [1.165, 1.54) is 0 Å². The van der Waals surface area contributed by atoms with E-state index in [2.05, 4.69) is 33.0 Å². The van der Waals surface area contributed by atoms with Gasteiger partial charge in [-0.15, -0.1) is 0 Å². The molecule has 0 saturated carbocycles. The average Bonchev–Trinajstić information content (AvgIpc) is 3.06. The Hall–Kier alpha value is -2.04. The van der Waals surface area contributed by atoms with Crippen LogP contribution in [0.1, 0.15) is 63.7 Å². The summed E-state index contributed by atoms with van der Waals surface area (Å²) in [7, 11) is 3.87. The first-order valence-corrected chi connectivity index (χ1v) is 9.97. The minimum atomic E-state index is 0.00363. The minimum absolute atomic E-state index is 0.00363. The Morgan fingerprint density at radius 2 is 1.81 bits per heavy atom. The van der Waals surface area contributed by atoms with Gasteiger partial charge in [0.2, 0.25) is 5.91 Å². The fourth-order valence-corrected chi connectivity index (χ4v) is 3.91. The van der Waals surface area contributed by atoms with Crippen LogP contribution in [-0.2, 0) is 4.79 Å². The third kappa shape index (κ3) is 6.26. The van der Waals surface area contributed by atoms with Gasteiger partial charge in [0.15, 0.2) is 0 Å². The van der Waals surface area contributed by atoms with Crippen molar-refractivity contribution in [1.29, 1.82) is 0 Å². The lowest BCUT2D eigenvalue weighted by molar-refractivity contribution is -0.117. The van der Waals surface area contributed by atoms with Gasteiger partial charge in [-0.05, 0) is 48.8 Å². The molecule has 1 fully saturated rings. The average molecular weight is 374 g/mol. The van der Waals surface area contributed by atoms with Crippen molar-refractivity contribution in [3.05, 3.63) is 23.8 Å². The number of anilines is 2. The Bertz CT molecular complexity index is 671. The molecule has 27 heavy (non-hydrogen) atoms. The SMILES string of the molecule is C[C@@H](CC(=O)Nc1ccc(N(C)C)c(C(=O)N2CCCC2)c1)CC(C)(C)C. The van der Waals surface area contributed by atoms with Gasteiger partial charge in [0.05, 0.1) is 5.56 Å². The molecule has 1 aliphatic heterocycles. The molecular formula is C22H35N3O2. The summed E-state index contributed by atoms with van der Waals surface area (Å²) in [6, 6.07) is 5.61. The highest BCUT2D eigenvalue weighted by molar-refractivity contribution is 6.02. The molecular weight excluding hydrogens is 338 g/mol. The third-order valence-corrected chi connectivity index (χ3v) is 4.88. The van der Waals surface area contributed by atoms with Crippen molar-refractivity contribution < 1.29 is 9.59 Å². The molecule has 0 bridgehead atoms. The number of carbonyl (C=O) groups is 2. The van der Waals surface area contributed by atoms with Crippen LogP contribution in [-0.4, -0.2) is 43.9 Å². The highest BCUT2D eigenvalue weighted by Crippen LogP contribution is 2.28. The molecule has 2 amide bonds. The fourth-order valence-electron chi connectivity index (χ4n) is 3.91. The zero-order valence-corrected chi connectivity index (χ0v) is 17.8. The lowest BCUT2D eigenvalue weighted by atomic mass is 9.84. The second-order valence-corrected chi connectivity index (χ2v) is 9.25. The number of likely N-dealkylation sites (tertiary alicyclic amines) is 1. The fraction of sp³-hybridized carbons (Fsp3) is 0.636. The molecule has 1 saturated heterocycles. The van der Waals surface area contributed by atoms with E-state index < -0.39 is 0 Å². The lowest BCUT2D eigenvalue weighted by Gasteiger charge is -2.23.